The van der Waals surface area contributed by atoms with Crippen molar-refractivity contribution in [1.29, 1.82) is 0 Å². The molecule has 2 fully saturated rings. The quantitative estimate of drug-likeness (QED) is 0.732. The molecule has 0 aliphatic carbocycles. The average molecular weight is 395 g/mol. The molecule has 154 valence electrons. The highest BCUT2D eigenvalue weighted by Crippen LogP contribution is 2.49. The molecule has 0 N–H and O–H groups in total. The van der Waals surface area contributed by atoms with Gasteiger partial charge in [-0.15, -0.1) is 0 Å². The molecule has 4 rings (SSSR count). The lowest BCUT2D eigenvalue weighted by Gasteiger charge is -2.38. The van der Waals surface area contributed by atoms with Crippen molar-refractivity contribution in [3.8, 4) is 0 Å². The Morgan fingerprint density at radius 1 is 1.10 bits per heavy atom. The number of nitrogens with zero attached hydrogens (tertiary/aromatic N) is 2. The lowest BCUT2D eigenvalue weighted by molar-refractivity contribution is -0.142. The van der Waals surface area contributed by atoms with Crippen molar-refractivity contribution >= 4 is 29.4 Å². The molecule has 0 radical (unpaired) electrons. The van der Waals surface area contributed by atoms with Gasteiger partial charge in [0.2, 0.25) is 11.8 Å². The van der Waals surface area contributed by atoms with Gasteiger partial charge in [0.1, 0.15) is 6.04 Å². The Kier molecular flexibility index (Phi) is 4.67. The van der Waals surface area contributed by atoms with Crippen molar-refractivity contribution in [3.05, 3.63) is 35.4 Å². The second-order valence-electron chi connectivity index (χ2n) is 9.61. The number of amides is 2. The third-order valence-electron chi connectivity index (χ3n) is 6.50. The van der Waals surface area contributed by atoms with E-state index in [0.29, 0.717) is 6.54 Å². The summed E-state index contributed by atoms with van der Waals surface area (Å²) in [5.74, 6) is -1.36. The van der Waals surface area contributed by atoms with Crippen LogP contribution in [0.5, 0.6) is 0 Å². The summed E-state index contributed by atoms with van der Waals surface area (Å²) < 4.78 is 0. The minimum atomic E-state index is -0.612. The predicted octanol–water partition coefficient (Wildman–Crippen LogP) is 3.60. The molecule has 0 spiro atoms. The van der Waals surface area contributed by atoms with E-state index in [0.717, 1.165) is 29.7 Å². The highest BCUT2D eigenvalue weighted by Gasteiger charge is 2.64. The summed E-state index contributed by atoms with van der Waals surface area (Å²) in [5, 5.41) is 0. The Labute approximate surface area is 172 Å². The second-order valence-corrected chi connectivity index (χ2v) is 9.61. The SMILES string of the molecule is CCCCN1C(=O)[C@@H]2[C@H](C1=O)[C@@H](C(=O)C(C)(C)C)N1c3ccc(C)cc3C=C[C@@H]21. The molecular formula is C24H30N2O3. The summed E-state index contributed by atoms with van der Waals surface area (Å²) in [4.78, 5) is 43.7. The maximum absolute atomic E-state index is 13.6. The van der Waals surface area contributed by atoms with Gasteiger partial charge in [0.25, 0.3) is 0 Å². The zero-order chi connectivity index (χ0) is 21.1. The molecule has 3 aliphatic heterocycles. The molecule has 1 aromatic carbocycles. The molecule has 2 saturated heterocycles. The first-order chi connectivity index (χ1) is 13.7. The van der Waals surface area contributed by atoms with Crippen LogP contribution in [-0.2, 0) is 14.4 Å². The van der Waals surface area contributed by atoms with E-state index in [9.17, 15) is 14.4 Å². The van der Waals surface area contributed by atoms with Crippen LogP contribution in [-0.4, -0.2) is 41.1 Å². The number of unbranched alkanes of at least 4 members (excludes halogenated alkanes) is 1. The molecule has 29 heavy (non-hydrogen) atoms. The highest BCUT2D eigenvalue weighted by molar-refractivity contribution is 6.11. The first kappa shape index (κ1) is 19.9. The molecule has 1 aromatic rings. The summed E-state index contributed by atoms with van der Waals surface area (Å²) in [6.07, 6.45) is 5.76. The van der Waals surface area contributed by atoms with Gasteiger partial charge >= 0.3 is 0 Å². The minimum absolute atomic E-state index is 0.0234. The number of benzene rings is 1. The summed E-state index contributed by atoms with van der Waals surface area (Å²) in [5.41, 5.74) is 2.52. The number of rotatable bonds is 4. The largest absolute Gasteiger partial charge is 0.353 e. The number of ketones is 1. The summed E-state index contributed by atoms with van der Waals surface area (Å²) >= 11 is 0. The number of carbonyl (C=O) groups excluding carboxylic acids is 3. The van der Waals surface area contributed by atoms with Crippen LogP contribution in [0.3, 0.4) is 0 Å². The van der Waals surface area contributed by atoms with Crippen LogP contribution in [0.4, 0.5) is 5.69 Å². The predicted molar refractivity (Wildman–Crippen MR) is 113 cm³/mol. The van der Waals surface area contributed by atoms with Gasteiger partial charge in [-0.05, 0) is 31.0 Å². The topological polar surface area (TPSA) is 57.7 Å². The third kappa shape index (κ3) is 2.93. The van der Waals surface area contributed by atoms with Crippen LogP contribution in [0.15, 0.2) is 24.3 Å². The Hall–Kier alpha value is -2.43. The van der Waals surface area contributed by atoms with Crippen molar-refractivity contribution in [2.24, 2.45) is 17.3 Å². The molecule has 0 saturated carbocycles. The number of carbonyl (C=O) groups is 3. The van der Waals surface area contributed by atoms with E-state index in [1.54, 1.807) is 0 Å². The van der Waals surface area contributed by atoms with Gasteiger partial charge < -0.3 is 4.90 Å². The molecule has 0 aromatic heterocycles. The summed E-state index contributed by atoms with van der Waals surface area (Å²) in [6.45, 7) is 10.2. The number of hydrogen-bond donors (Lipinski definition) is 0. The third-order valence-corrected chi connectivity index (χ3v) is 6.50. The molecule has 2 amide bonds. The lowest BCUT2D eigenvalue weighted by atomic mass is 9.79. The van der Waals surface area contributed by atoms with Crippen molar-refractivity contribution < 1.29 is 14.4 Å². The Balaban J connectivity index is 1.83. The molecule has 5 nitrogen and oxygen atoms in total. The molecule has 5 heteroatoms. The number of hydrogen-bond acceptors (Lipinski definition) is 4. The van der Waals surface area contributed by atoms with Gasteiger partial charge in [0.15, 0.2) is 5.78 Å². The lowest BCUT2D eigenvalue weighted by Crippen LogP contribution is -2.51. The number of fused-ring (bicyclic) bond motifs is 5. The number of anilines is 1. The summed E-state index contributed by atoms with van der Waals surface area (Å²) in [6, 6.07) is 5.27. The van der Waals surface area contributed by atoms with Crippen LogP contribution >= 0.6 is 0 Å². The van der Waals surface area contributed by atoms with Crippen LogP contribution in [0.25, 0.3) is 6.08 Å². The van der Waals surface area contributed by atoms with E-state index in [1.165, 1.54) is 4.90 Å². The monoisotopic (exact) mass is 394 g/mol. The van der Waals surface area contributed by atoms with Crippen LogP contribution in [0, 0.1) is 24.2 Å². The second kappa shape index (κ2) is 6.82. The highest BCUT2D eigenvalue weighted by atomic mass is 16.2. The fourth-order valence-electron chi connectivity index (χ4n) is 5.03. The minimum Gasteiger partial charge on any atom is -0.353 e. The van der Waals surface area contributed by atoms with E-state index < -0.39 is 23.3 Å². The number of Topliss-reactive ketones (excluding diaryl/α,β-unsaturated/α-hetero) is 1. The standard InChI is InChI=1S/C24H30N2O3/c1-6-7-12-25-22(28)18-17-11-9-15-13-14(2)8-10-16(15)26(17)20(19(18)23(25)29)21(27)24(3,4)5/h8-11,13,17-20H,6-7,12H2,1-5H3/t17-,18-,19-,20-/m0/s1. The van der Waals surface area contributed by atoms with Gasteiger partial charge in [-0.25, -0.2) is 0 Å². The zero-order valence-electron chi connectivity index (χ0n) is 17.9. The van der Waals surface area contributed by atoms with Gasteiger partial charge in [-0.3, -0.25) is 19.3 Å². The Morgan fingerprint density at radius 3 is 2.45 bits per heavy atom. The number of imide groups is 1. The maximum Gasteiger partial charge on any atom is 0.235 e. The fourth-order valence-corrected chi connectivity index (χ4v) is 5.03. The molecule has 4 atom stereocenters. The van der Waals surface area contributed by atoms with Gasteiger partial charge in [-0.1, -0.05) is 57.9 Å². The molecule has 3 heterocycles. The normalized spacial score (nSPS) is 27.9. The van der Waals surface area contributed by atoms with Crippen molar-refractivity contribution in [3.63, 3.8) is 0 Å². The average Bonchev–Trinajstić information content (AvgIpc) is 3.12. The van der Waals surface area contributed by atoms with Crippen LogP contribution in [0.2, 0.25) is 0 Å². The Bertz CT molecular complexity index is 911. The number of likely N-dealkylation sites (tertiary alicyclic amines) is 1. The molecule has 0 bridgehead atoms. The van der Waals surface area contributed by atoms with Crippen LogP contribution in [0.1, 0.15) is 51.7 Å². The van der Waals surface area contributed by atoms with E-state index in [4.69, 9.17) is 0 Å². The smallest absolute Gasteiger partial charge is 0.235 e. The van der Waals surface area contributed by atoms with Crippen molar-refractivity contribution in [1.82, 2.24) is 4.90 Å². The van der Waals surface area contributed by atoms with E-state index in [1.807, 2.05) is 58.9 Å². The molecule has 0 unspecified atom stereocenters. The van der Waals surface area contributed by atoms with E-state index in [-0.39, 0.29) is 23.6 Å². The Morgan fingerprint density at radius 2 is 1.79 bits per heavy atom. The van der Waals surface area contributed by atoms with Gasteiger partial charge in [-0.2, -0.15) is 0 Å². The zero-order valence-corrected chi connectivity index (χ0v) is 17.9. The molecular weight excluding hydrogens is 364 g/mol. The van der Waals surface area contributed by atoms with Gasteiger partial charge in [0.05, 0.1) is 17.9 Å². The van der Waals surface area contributed by atoms with Crippen molar-refractivity contribution in [2.45, 2.75) is 59.5 Å². The van der Waals surface area contributed by atoms with E-state index in [2.05, 4.69) is 11.0 Å². The van der Waals surface area contributed by atoms with Crippen LogP contribution < -0.4 is 4.90 Å². The number of aryl methyl sites for hydroxylation is 1. The fraction of sp³-hybridized carbons (Fsp3) is 0.542. The molecule has 3 aliphatic rings. The maximum atomic E-state index is 13.6. The summed E-state index contributed by atoms with van der Waals surface area (Å²) in [7, 11) is 0. The van der Waals surface area contributed by atoms with Gasteiger partial charge in [0, 0.05) is 17.6 Å². The first-order valence-corrected chi connectivity index (χ1v) is 10.6. The van der Waals surface area contributed by atoms with Crippen molar-refractivity contribution in [2.75, 3.05) is 11.4 Å². The first-order valence-electron chi connectivity index (χ1n) is 10.6. The van der Waals surface area contributed by atoms with E-state index >= 15 is 0 Å².